The molecule has 2 rings (SSSR count). The highest BCUT2D eigenvalue weighted by Crippen LogP contribution is 2.19. The Labute approximate surface area is 132 Å². The number of hydrogen-bond acceptors (Lipinski definition) is 3. The number of carbonyl (C=O) groups excluding carboxylic acids is 1. The largest absolute Gasteiger partial charge is 0.497 e. The van der Waals surface area contributed by atoms with E-state index >= 15 is 0 Å². The minimum Gasteiger partial charge on any atom is -0.497 e. The Balaban J connectivity index is 1.78. The van der Waals surface area contributed by atoms with Gasteiger partial charge in [0.25, 0.3) is 0 Å². The molecule has 1 saturated heterocycles. The predicted molar refractivity (Wildman–Crippen MR) is 87.0 cm³/mol. The molecule has 1 aliphatic heterocycles. The van der Waals surface area contributed by atoms with Gasteiger partial charge in [-0.1, -0.05) is 18.2 Å². The molecule has 0 spiro atoms. The molecule has 0 unspecified atom stereocenters. The Bertz CT molecular complexity index is 493. The molecule has 0 bridgehead atoms. The summed E-state index contributed by atoms with van der Waals surface area (Å²) < 4.78 is 10.7. The average molecular weight is 303 g/mol. The standard InChI is InChI=1S/C18H25NO3/c1-3-11-22-14-15-7-9-19(10-8-15)18(20)13-16-5-4-6-17(12-16)21-2/h3-6,12,15H,1,7-11,13-14H2,2H3. The third kappa shape index (κ3) is 4.88. The van der Waals surface area contributed by atoms with Crippen molar-refractivity contribution in [3.8, 4) is 5.75 Å². The summed E-state index contributed by atoms with van der Waals surface area (Å²) in [6.07, 6.45) is 4.24. The number of carbonyl (C=O) groups is 1. The van der Waals surface area contributed by atoms with E-state index in [1.165, 1.54) is 0 Å². The lowest BCUT2D eigenvalue weighted by molar-refractivity contribution is -0.132. The number of rotatable bonds is 7. The second-order valence-electron chi connectivity index (χ2n) is 5.68. The van der Waals surface area contributed by atoms with Gasteiger partial charge in [-0.15, -0.1) is 6.58 Å². The topological polar surface area (TPSA) is 38.8 Å². The molecule has 4 nitrogen and oxygen atoms in total. The molecule has 22 heavy (non-hydrogen) atoms. The van der Waals surface area contributed by atoms with E-state index in [0.717, 1.165) is 43.9 Å². The Morgan fingerprint density at radius 3 is 2.86 bits per heavy atom. The fourth-order valence-corrected chi connectivity index (χ4v) is 2.74. The van der Waals surface area contributed by atoms with Crippen LogP contribution in [0.3, 0.4) is 0 Å². The highest BCUT2D eigenvalue weighted by Gasteiger charge is 2.22. The second kappa shape index (κ2) is 8.59. The summed E-state index contributed by atoms with van der Waals surface area (Å²) in [6.45, 7) is 6.67. The van der Waals surface area contributed by atoms with Crippen LogP contribution in [0.4, 0.5) is 0 Å². The van der Waals surface area contributed by atoms with Gasteiger partial charge in [0.15, 0.2) is 0 Å². The first kappa shape index (κ1) is 16.6. The molecular formula is C18H25NO3. The monoisotopic (exact) mass is 303 g/mol. The number of ether oxygens (including phenoxy) is 2. The zero-order chi connectivity index (χ0) is 15.8. The number of likely N-dealkylation sites (tertiary alicyclic amines) is 1. The van der Waals surface area contributed by atoms with E-state index in [2.05, 4.69) is 6.58 Å². The lowest BCUT2D eigenvalue weighted by Crippen LogP contribution is -2.40. The maximum absolute atomic E-state index is 12.4. The number of benzene rings is 1. The van der Waals surface area contributed by atoms with Crippen molar-refractivity contribution in [2.24, 2.45) is 5.92 Å². The molecule has 1 fully saturated rings. The Kier molecular flexibility index (Phi) is 6.46. The van der Waals surface area contributed by atoms with Crippen molar-refractivity contribution in [3.05, 3.63) is 42.5 Å². The Morgan fingerprint density at radius 2 is 2.18 bits per heavy atom. The fraction of sp³-hybridized carbons (Fsp3) is 0.500. The Hall–Kier alpha value is -1.81. The molecule has 120 valence electrons. The molecule has 4 heteroatoms. The van der Waals surface area contributed by atoms with E-state index in [-0.39, 0.29) is 5.91 Å². The van der Waals surface area contributed by atoms with Crippen LogP contribution in [-0.4, -0.2) is 44.2 Å². The van der Waals surface area contributed by atoms with E-state index in [4.69, 9.17) is 9.47 Å². The first-order valence-corrected chi connectivity index (χ1v) is 7.82. The maximum Gasteiger partial charge on any atom is 0.226 e. The van der Waals surface area contributed by atoms with Gasteiger partial charge in [0, 0.05) is 19.7 Å². The lowest BCUT2D eigenvalue weighted by atomic mass is 9.97. The number of nitrogens with zero attached hydrogens (tertiary/aromatic N) is 1. The number of piperidine rings is 1. The SMILES string of the molecule is C=CCOCC1CCN(C(=O)Cc2cccc(OC)c2)CC1. The molecule has 0 N–H and O–H groups in total. The van der Waals surface area contributed by atoms with Crippen LogP contribution >= 0.6 is 0 Å². The van der Waals surface area contributed by atoms with E-state index in [1.54, 1.807) is 13.2 Å². The molecule has 1 heterocycles. The molecule has 1 aliphatic rings. The van der Waals surface area contributed by atoms with Gasteiger partial charge in [0.05, 0.1) is 20.1 Å². The minimum absolute atomic E-state index is 0.193. The predicted octanol–water partition coefficient (Wildman–Crippen LogP) is 2.68. The van der Waals surface area contributed by atoms with E-state index < -0.39 is 0 Å². The van der Waals surface area contributed by atoms with Crippen LogP contribution in [0.25, 0.3) is 0 Å². The zero-order valence-corrected chi connectivity index (χ0v) is 13.3. The fourth-order valence-electron chi connectivity index (χ4n) is 2.74. The molecule has 1 aromatic rings. The van der Waals surface area contributed by atoms with Gasteiger partial charge >= 0.3 is 0 Å². The van der Waals surface area contributed by atoms with Gasteiger partial charge in [0.2, 0.25) is 5.91 Å². The van der Waals surface area contributed by atoms with Crippen molar-refractivity contribution in [3.63, 3.8) is 0 Å². The summed E-state index contributed by atoms with van der Waals surface area (Å²) >= 11 is 0. The lowest BCUT2D eigenvalue weighted by Gasteiger charge is -2.32. The zero-order valence-electron chi connectivity index (χ0n) is 13.3. The molecular weight excluding hydrogens is 278 g/mol. The van der Waals surface area contributed by atoms with Crippen LogP contribution in [0.1, 0.15) is 18.4 Å². The normalized spacial score (nSPS) is 15.6. The summed E-state index contributed by atoms with van der Waals surface area (Å²) in [7, 11) is 1.64. The summed E-state index contributed by atoms with van der Waals surface area (Å²) in [4.78, 5) is 14.3. The van der Waals surface area contributed by atoms with Crippen molar-refractivity contribution in [2.45, 2.75) is 19.3 Å². The summed E-state index contributed by atoms with van der Waals surface area (Å²) in [5.74, 6) is 1.54. The summed E-state index contributed by atoms with van der Waals surface area (Å²) in [6, 6.07) is 7.71. The first-order valence-electron chi connectivity index (χ1n) is 7.82. The molecule has 1 aromatic carbocycles. The van der Waals surface area contributed by atoms with E-state index in [0.29, 0.717) is 18.9 Å². The van der Waals surface area contributed by atoms with Gasteiger partial charge in [-0.05, 0) is 36.5 Å². The van der Waals surface area contributed by atoms with Crippen LogP contribution < -0.4 is 4.74 Å². The third-order valence-corrected chi connectivity index (χ3v) is 4.05. The van der Waals surface area contributed by atoms with Crippen molar-refractivity contribution >= 4 is 5.91 Å². The summed E-state index contributed by atoms with van der Waals surface area (Å²) in [5, 5.41) is 0. The van der Waals surface area contributed by atoms with Gasteiger partial charge < -0.3 is 14.4 Å². The van der Waals surface area contributed by atoms with Gasteiger partial charge in [0.1, 0.15) is 5.75 Å². The van der Waals surface area contributed by atoms with Crippen LogP contribution in [0, 0.1) is 5.92 Å². The first-order chi connectivity index (χ1) is 10.7. The van der Waals surface area contributed by atoms with Crippen LogP contribution in [0.2, 0.25) is 0 Å². The van der Waals surface area contributed by atoms with E-state index in [1.807, 2.05) is 29.2 Å². The van der Waals surface area contributed by atoms with Crippen LogP contribution in [-0.2, 0) is 16.0 Å². The molecule has 0 saturated carbocycles. The quantitative estimate of drug-likeness (QED) is 0.574. The molecule has 0 aromatic heterocycles. The van der Waals surface area contributed by atoms with Crippen molar-refractivity contribution in [1.82, 2.24) is 4.90 Å². The molecule has 0 atom stereocenters. The van der Waals surface area contributed by atoms with Crippen molar-refractivity contribution in [1.29, 1.82) is 0 Å². The van der Waals surface area contributed by atoms with Gasteiger partial charge in [-0.3, -0.25) is 4.79 Å². The smallest absolute Gasteiger partial charge is 0.226 e. The van der Waals surface area contributed by atoms with Crippen LogP contribution in [0.5, 0.6) is 5.75 Å². The van der Waals surface area contributed by atoms with E-state index in [9.17, 15) is 4.79 Å². The van der Waals surface area contributed by atoms with Crippen molar-refractivity contribution in [2.75, 3.05) is 33.4 Å². The molecule has 1 amide bonds. The molecule has 0 radical (unpaired) electrons. The average Bonchev–Trinajstić information content (AvgIpc) is 2.56. The maximum atomic E-state index is 12.4. The minimum atomic E-state index is 0.193. The van der Waals surface area contributed by atoms with Crippen molar-refractivity contribution < 1.29 is 14.3 Å². The molecule has 0 aliphatic carbocycles. The Morgan fingerprint density at radius 1 is 1.41 bits per heavy atom. The highest BCUT2D eigenvalue weighted by atomic mass is 16.5. The van der Waals surface area contributed by atoms with Crippen LogP contribution in [0.15, 0.2) is 36.9 Å². The number of amides is 1. The number of hydrogen-bond donors (Lipinski definition) is 0. The third-order valence-electron chi connectivity index (χ3n) is 4.05. The summed E-state index contributed by atoms with van der Waals surface area (Å²) in [5.41, 5.74) is 1.00. The van der Waals surface area contributed by atoms with Gasteiger partial charge in [-0.2, -0.15) is 0 Å². The van der Waals surface area contributed by atoms with Gasteiger partial charge in [-0.25, -0.2) is 0 Å². The number of methoxy groups -OCH3 is 1. The second-order valence-corrected chi connectivity index (χ2v) is 5.68. The highest BCUT2D eigenvalue weighted by molar-refractivity contribution is 5.79.